The van der Waals surface area contributed by atoms with Crippen LogP contribution in [0.3, 0.4) is 0 Å². The number of halogens is 2. The summed E-state index contributed by atoms with van der Waals surface area (Å²) in [6, 6.07) is 0. The molecule has 0 amide bonds. The molecule has 0 bridgehead atoms. The Morgan fingerprint density at radius 1 is 1.00 bits per heavy atom. The molecule has 0 heterocycles. The minimum absolute atomic E-state index is 0. The molecule has 15 heavy (non-hydrogen) atoms. The number of hydrogen-bond acceptors (Lipinski definition) is 0. The molecule has 87 valence electrons. The standard InChI is InChI=1S/C12H19.2ClH.Ti/c1-7-11-9(3)8(2)10(4)12(11,5)6;;;/h1,7H2,2-6H3;2*1H;. The van der Waals surface area contributed by atoms with Crippen LogP contribution < -0.4 is 0 Å². The van der Waals surface area contributed by atoms with Gasteiger partial charge in [0, 0.05) is 0 Å². The van der Waals surface area contributed by atoms with Crippen molar-refractivity contribution in [1.29, 1.82) is 0 Å². The summed E-state index contributed by atoms with van der Waals surface area (Å²) in [4.78, 5) is 0. The summed E-state index contributed by atoms with van der Waals surface area (Å²) >= 11 is 2.26. The third-order valence-corrected chi connectivity index (χ3v) is 4.03. The molecule has 0 saturated carbocycles. The Hall–Kier alpha value is 0.774. The minimum atomic E-state index is 0. The molecular weight excluding hydrogens is 263 g/mol. The van der Waals surface area contributed by atoms with Crippen LogP contribution in [0.25, 0.3) is 0 Å². The molecule has 0 spiro atoms. The van der Waals surface area contributed by atoms with Crippen LogP contribution in [0.5, 0.6) is 0 Å². The van der Waals surface area contributed by atoms with Crippen LogP contribution in [0.15, 0.2) is 22.3 Å². The smallest absolute Gasteiger partial charge is 0.147 e. The normalized spacial score (nSPS) is 18.7. The molecule has 1 aliphatic rings. The zero-order valence-corrected chi connectivity index (χ0v) is 13.4. The maximum Gasteiger partial charge on any atom is -0.147 e. The summed E-state index contributed by atoms with van der Waals surface area (Å²) in [5, 5.41) is 0. The summed E-state index contributed by atoms with van der Waals surface area (Å²) < 4.78 is 1.26. The van der Waals surface area contributed by atoms with E-state index in [4.69, 9.17) is 0 Å². The maximum absolute atomic E-state index is 2.35. The number of hydrogen-bond donors (Lipinski definition) is 0. The van der Waals surface area contributed by atoms with Gasteiger partial charge in [-0.25, -0.2) is 0 Å². The second kappa shape index (κ2) is 6.50. The first-order valence-electron chi connectivity index (χ1n) is 4.96. The maximum atomic E-state index is 2.35. The van der Waals surface area contributed by atoms with Crippen molar-refractivity contribution in [3.8, 4) is 0 Å². The van der Waals surface area contributed by atoms with E-state index in [-0.39, 0.29) is 24.8 Å². The molecule has 3 heteroatoms. The summed E-state index contributed by atoms with van der Waals surface area (Å²) in [6.07, 6.45) is 1.26. The third kappa shape index (κ3) is 3.13. The van der Waals surface area contributed by atoms with E-state index in [0.29, 0.717) is 5.41 Å². The zero-order valence-electron chi connectivity index (χ0n) is 10.2. The zero-order chi connectivity index (χ0) is 10.2. The Morgan fingerprint density at radius 2 is 1.47 bits per heavy atom. The van der Waals surface area contributed by atoms with Gasteiger partial charge in [-0.1, -0.05) is 0 Å². The second-order valence-electron chi connectivity index (χ2n) is 4.48. The molecule has 1 rings (SSSR count). The van der Waals surface area contributed by atoms with Gasteiger partial charge in [-0.3, -0.25) is 0 Å². The van der Waals surface area contributed by atoms with E-state index in [1.165, 1.54) is 16.7 Å². The second-order valence-corrected chi connectivity index (χ2v) is 5.26. The quantitative estimate of drug-likeness (QED) is 0.634. The van der Waals surface area contributed by atoms with E-state index in [2.05, 4.69) is 55.1 Å². The Bertz CT molecular complexity index is 288. The van der Waals surface area contributed by atoms with Gasteiger partial charge in [0.2, 0.25) is 0 Å². The first kappa shape index (κ1) is 18.1. The Kier molecular flexibility index (Phi) is 7.86. The minimum Gasteiger partial charge on any atom is -0.147 e. The van der Waals surface area contributed by atoms with Gasteiger partial charge in [0.15, 0.2) is 0 Å². The SMILES string of the molecule is CC1=C(C)C(C)(C)C(C[CH2][Ti])=C1C.Cl.Cl. The van der Waals surface area contributed by atoms with Crippen molar-refractivity contribution in [2.24, 2.45) is 5.41 Å². The van der Waals surface area contributed by atoms with E-state index in [1.54, 1.807) is 16.7 Å². The Labute approximate surface area is 118 Å². The Morgan fingerprint density at radius 3 is 1.73 bits per heavy atom. The van der Waals surface area contributed by atoms with Gasteiger partial charge >= 0.3 is 93.9 Å². The van der Waals surface area contributed by atoms with Crippen molar-refractivity contribution in [3.63, 3.8) is 0 Å². The number of rotatable bonds is 2. The van der Waals surface area contributed by atoms with Crippen molar-refractivity contribution in [3.05, 3.63) is 22.3 Å². The predicted molar refractivity (Wildman–Crippen MR) is 68.8 cm³/mol. The van der Waals surface area contributed by atoms with Crippen molar-refractivity contribution < 1.29 is 20.4 Å². The third-order valence-electron chi connectivity index (χ3n) is 3.64. The summed E-state index contributed by atoms with van der Waals surface area (Å²) in [6.45, 7) is 11.5. The molecule has 0 aliphatic heterocycles. The average Bonchev–Trinajstić information content (AvgIpc) is 2.20. The van der Waals surface area contributed by atoms with Gasteiger partial charge in [0.1, 0.15) is 0 Å². The summed E-state index contributed by atoms with van der Waals surface area (Å²) in [7, 11) is 0. The van der Waals surface area contributed by atoms with Gasteiger partial charge < -0.3 is 0 Å². The van der Waals surface area contributed by atoms with Gasteiger partial charge in [-0.05, 0) is 0 Å². The van der Waals surface area contributed by atoms with E-state index >= 15 is 0 Å². The van der Waals surface area contributed by atoms with Gasteiger partial charge in [0.25, 0.3) is 0 Å². The van der Waals surface area contributed by atoms with E-state index in [9.17, 15) is 0 Å². The van der Waals surface area contributed by atoms with E-state index < -0.39 is 0 Å². The van der Waals surface area contributed by atoms with E-state index in [1.807, 2.05) is 0 Å². The fraction of sp³-hybridized carbons (Fsp3) is 0.667. The van der Waals surface area contributed by atoms with Crippen LogP contribution >= 0.6 is 24.8 Å². The first-order chi connectivity index (χ1) is 5.92. The largest absolute Gasteiger partial charge is 0.147 e. The number of allylic oxidation sites excluding steroid dienone is 4. The predicted octanol–water partition coefficient (Wildman–Crippen LogP) is 4.88. The molecule has 0 saturated heterocycles. The van der Waals surface area contributed by atoms with Crippen molar-refractivity contribution >= 4 is 24.8 Å². The summed E-state index contributed by atoms with van der Waals surface area (Å²) in [5.74, 6) is 0. The molecule has 0 aromatic carbocycles. The van der Waals surface area contributed by atoms with Crippen molar-refractivity contribution in [2.75, 3.05) is 0 Å². The fourth-order valence-corrected chi connectivity index (χ4v) is 2.69. The molecule has 0 aromatic heterocycles. The first-order valence-corrected chi connectivity index (χ1v) is 6.06. The molecule has 0 aromatic rings. The Balaban J connectivity index is 0. The van der Waals surface area contributed by atoms with Crippen LogP contribution in [0.2, 0.25) is 4.73 Å². The van der Waals surface area contributed by atoms with Gasteiger partial charge in [-0.15, -0.1) is 24.8 Å². The monoisotopic (exact) mass is 283 g/mol. The van der Waals surface area contributed by atoms with Crippen LogP contribution in [0.4, 0.5) is 0 Å². The van der Waals surface area contributed by atoms with Crippen molar-refractivity contribution in [2.45, 2.75) is 45.8 Å². The topological polar surface area (TPSA) is 0 Å². The molecule has 1 aliphatic carbocycles. The van der Waals surface area contributed by atoms with Gasteiger partial charge in [-0.2, -0.15) is 0 Å². The van der Waals surface area contributed by atoms with Crippen LogP contribution in [0, 0.1) is 5.41 Å². The molecule has 0 unspecified atom stereocenters. The van der Waals surface area contributed by atoms with E-state index in [0.717, 1.165) is 0 Å². The fourth-order valence-electron chi connectivity index (χ4n) is 2.30. The molecule has 0 atom stereocenters. The molecular formula is C12H21Cl2Ti. The summed E-state index contributed by atoms with van der Waals surface area (Å²) in [5.41, 5.74) is 6.61. The molecule has 0 nitrogen and oxygen atoms in total. The molecule has 0 N–H and O–H groups in total. The molecule has 0 radical (unpaired) electrons. The van der Waals surface area contributed by atoms with Crippen LogP contribution in [0.1, 0.15) is 41.0 Å². The van der Waals surface area contributed by atoms with Crippen molar-refractivity contribution in [1.82, 2.24) is 0 Å². The van der Waals surface area contributed by atoms with Crippen LogP contribution in [-0.4, -0.2) is 0 Å². The van der Waals surface area contributed by atoms with Gasteiger partial charge in [0.05, 0.1) is 0 Å². The average molecular weight is 284 g/mol. The van der Waals surface area contributed by atoms with Crippen LogP contribution in [-0.2, 0) is 20.4 Å². The molecule has 0 fully saturated rings.